The molecule has 0 fully saturated rings. The lowest BCUT2D eigenvalue weighted by atomic mass is 10.1. The third-order valence-electron chi connectivity index (χ3n) is 4.77. The molecule has 1 N–H and O–H groups in total. The molecule has 2 aromatic carbocycles. The second-order valence-corrected chi connectivity index (χ2v) is 9.58. The summed E-state index contributed by atoms with van der Waals surface area (Å²) in [6.45, 7) is 8.77. The maximum Gasteiger partial charge on any atom is 0.263 e. The lowest BCUT2D eigenvalue weighted by Gasteiger charge is -2.06. The predicted molar refractivity (Wildman–Crippen MR) is 117 cm³/mol. The Morgan fingerprint density at radius 1 is 1.00 bits per heavy atom. The fourth-order valence-electron chi connectivity index (χ4n) is 3.33. The maximum atomic E-state index is 12.9. The van der Waals surface area contributed by atoms with Gasteiger partial charge in [0.05, 0.1) is 15.8 Å². The Balaban J connectivity index is 1.87. The fraction of sp³-hybridized carbons (Fsp3) is 0.273. The summed E-state index contributed by atoms with van der Waals surface area (Å²) in [7, 11) is -3.75. The highest BCUT2D eigenvalue weighted by molar-refractivity contribution is 7.92. The highest BCUT2D eigenvalue weighted by atomic mass is 32.2. The number of nitrogens with zero attached hydrogens (tertiary/aromatic N) is 3. The molecule has 2 heterocycles. The molecule has 0 spiro atoms. The summed E-state index contributed by atoms with van der Waals surface area (Å²) in [4.78, 5) is 4.98. The van der Waals surface area contributed by atoms with Gasteiger partial charge in [0.2, 0.25) is 0 Å². The molecule has 0 aliphatic heterocycles. The van der Waals surface area contributed by atoms with Crippen molar-refractivity contribution in [1.29, 1.82) is 0 Å². The van der Waals surface area contributed by atoms with Crippen LogP contribution >= 0.6 is 0 Å². The number of aryl methyl sites for hydroxylation is 2. The van der Waals surface area contributed by atoms with Crippen molar-refractivity contribution in [2.45, 2.75) is 39.1 Å². The van der Waals surface area contributed by atoms with Crippen LogP contribution in [-0.4, -0.2) is 23.2 Å². The van der Waals surface area contributed by atoms with Gasteiger partial charge in [-0.3, -0.25) is 4.72 Å². The molecule has 7 heteroatoms. The Kier molecular flexibility index (Phi) is 4.78. The zero-order chi connectivity index (χ0) is 20.8. The first-order chi connectivity index (χ1) is 13.7. The Morgan fingerprint density at radius 2 is 1.69 bits per heavy atom. The topological polar surface area (TPSA) is 76.9 Å². The smallest absolute Gasteiger partial charge is 0.261 e. The fourth-order valence-corrected chi connectivity index (χ4v) is 4.35. The van der Waals surface area contributed by atoms with Gasteiger partial charge in [-0.15, -0.1) is 0 Å². The number of benzene rings is 2. The zero-order valence-electron chi connectivity index (χ0n) is 17.0. The van der Waals surface area contributed by atoms with E-state index in [0.29, 0.717) is 29.3 Å². The van der Waals surface area contributed by atoms with Crippen molar-refractivity contribution in [1.82, 2.24) is 14.8 Å². The number of hydrogen-bond acceptors (Lipinski definition) is 4. The summed E-state index contributed by atoms with van der Waals surface area (Å²) >= 11 is 0. The molecule has 0 radical (unpaired) electrons. The van der Waals surface area contributed by atoms with Gasteiger partial charge in [-0.05, 0) is 50.1 Å². The number of hydrogen-bond donors (Lipinski definition) is 1. The van der Waals surface area contributed by atoms with Gasteiger partial charge < -0.3 is 0 Å². The first-order valence-electron chi connectivity index (χ1n) is 9.60. The monoisotopic (exact) mass is 408 g/mol. The van der Waals surface area contributed by atoms with Crippen LogP contribution in [0.25, 0.3) is 21.9 Å². The van der Waals surface area contributed by atoms with Crippen LogP contribution in [-0.2, 0) is 16.6 Å². The van der Waals surface area contributed by atoms with Gasteiger partial charge in [0, 0.05) is 11.9 Å². The molecular formula is C22H24N4O2S. The average molecular weight is 409 g/mol. The van der Waals surface area contributed by atoms with Crippen molar-refractivity contribution >= 4 is 37.8 Å². The number of fused-ring (bicyclic) bond motifs is 2. The molecule has 0 unspecified atom stereocenters. The lowest BCUT2D eigenvalue weighted by Crippen LogP contribution is -2.14. The van der Waals surface area contributed by atoms with Crippen LogP contribution < -0.4 is 4.72 Å². The van der Waals surface area contributed by atoms with Gasteiger partial charge in [-0.2, -0.15) is 5.10 Å². The Morgan fingerprint density at radius 3 is 2.38 bits per heavy atom. The molecule has 0 atom stereocenters. The lowest BCUT2D eigenvalue weighted by molar-refractivity contribution is 0.494. The number of nitrogens with one attached hydrogen (secondary N) is 1. The Labute approximate surface area is 170 Å². The minimum absolute atomic E-state index is 0.208. The van der Waals surface area contributed by atoms with E-state index in [0.717, 1.165) is 22.0 Å². The highest BCUT2D eigenvalue weighted by Gasteiger charge is 2.20. The minimum Gasteiger partial charge on any atom is -0.261 e. The van der Waals surface area contributed by atoms with E-state index >= 15 is 0 Å². The van der Waals surface area contributed by atoms with Gasteiger partial charge >= 0.3 is 0 Å². The molecule has 4 rings (SSSR count). The molecule has 0 aliphatic carbocycles. The van der Waals surface area contributed by atoms with Crippen molar-refractivity contribution in [3.63, 3.8) is 0 Å². The molecule has 150 valence electrons. The summed E-state index contributed by atoms with van der Waals surface area (Å²) in [5, 5.41) is 6.22. The molecular weight excluding hydrogens is 384 g/mol. The number of sulfonamides is 1. The van der Waals surface area contributed by atoms with Crippen molar-refractivity contribution in [3.8, 4) is 0 Å². The quantitative estimate of drug-likeness (QED) is 0.521. The highest BCUT2D eigenvalue weighted by Crippen LogP contribution is 2.28. The Bertz CT molecular complexity index is 1310. The van der Waals surface area contributed by atoms with Crippen LogP contribution in [0.2, 0.25) is 0 Å². The minimum atomic E-state index is -3.75. The largest absolute Gasteiger partial charge is 0.263 e. The number of pyridine rings is 1. The van der Waals surface area contributed by atoms with Crippen LogP contribution in [0.5, 0.6) is 0 Å². The molecule has 29 heavy (non-hydrogen) atoms. The van der Waals surface area contributed by atoms with E-state index in [2.05, 4.69) is 23.7 Å². The van der Waals surface area contributed by atoms with Gasteiger partial charge in [-0.1, -0.05) is 43.2 Å². The zero-order valence-corrected chi connectivity index (χ0v) is 17.8. The first-order valence-corrected chi connectivity index (χ1v) is 11.1. The summed E-state index contributed by atoms with van der Waals surface area (Å²) in [5.41, 5.74) is 3.66. The van der Waals surface area contributed by atoms with Crippen LogP contribution in [0.1, 0.15) is 25.0 Å². The van der Waals surface area contributed by atoms with E-state index in [1.54, 1.807) is 28.9 Å². The Hall–Kier alpha value is -2.93. The second-order valence-electron chi connectivity index (χ2n) is 7.90. The molecule has 0 aliphatic rings. The maximum absolute atomic E-state index is 12.9. The third-order valence-corrected chi connectivity index (χ3v) is 6.13. The van der Waals surface area contributed by atoms with Crippen molar-refractivity contribution in [3.05, 3.63) is 59.7 Å². The molecule has 0 saturated carbocycles. The molecule has 4 aromatic rings. The van der Waals surface area contributed by atoms with Gasteiger partial charge in [0.1, 0.15) is 0 Å². The third kappa shape index (κ3) is 3.82. The summed E-state index contributed by atoms with van der Waals surface area (Å²) < 4.78 is 30.3. The summed E-state index contributed by atoms with van der Waals surface area (Å²) in [6.07, 6.45) is 0. The average Bonchev–Trinajstić information content (AvgIpc) is 2.95. The van der Waals surface area contributed by atoms with Crippen LogP contribution in [0.4, 0.5) is 5.82 Å². The van der Waals surface area contributed by atoms with E-state index < -0.39 is 10.0 Å². The molecule has 0 amide bonds. The number of aromatic nitrogens is 3. The van der Waals surface area contributed by atoms with E-state index in [1.807, 2.05) is 38.1 Å². The van der Waals surface area contributed by atoms with E-state index in [1.165, 1.54) is 0 Å². The second kappa shape index (κ2) is 7.15. The number of rotatable bonds is 5. The SMILES string of the molecule is Cc1ccc(S(=O)(=O)Nc2nn(CC(C)C)c3nc4ccc(C)cc4cc23)cc1. The van der Waals surface area contributed by atoms with E-state index in [9.17, 15) is 8.42 Å². The molecule has 0 saturated heterocycles. The van der Waals surface area contributed by atoms with E-state index in [4.69, 9.17) is 4.98 Å². The molecule has 6 nitrogen and oxygen atoms in total. The molecule has 0 bridgehead atoms. The summed E-state index contributed by atoms with van der Waals surface area (Å²) in [6, 6.07) is 14.8. The van der Waals surface area contributed by atoms with E-state index in [-0.39, 0.29) is 4.90 Å². The van der Waals surface area contributed by atoms with Crippen LogP contribution in [0.15, 0.2) is 53.4 Å². The van der Waals surface area contributed by atoms with Gasteiger partial charge in [-0.25, -0.2) is 18.1 Å². The van der Waals surface area contributed by atoms with Crippen LogP contribution in [0.3, 0.4) is 0 Å². The normalized spacial score (nSPS) is 12.2. The van der Waals surface area contributed by atoms with Crippen molar-refractivity contribution in [2.24, 2.45) is 5.92 Å². The van der Waals surface area contributed by atoms with Gasteiger partial charge in [0.25, 0.3) is 10.0 Å². The summed E-state index contributed by atoms with van der Waals surface area (Å²) in [5.74, 6) is 0.646. The standard InChI is InChI=1S/C22H24N4O2S/c1-14(2)13-26-22-19(12-17-11-16(4)7-10-20(17)23-22)21(24-26)25-29(27,28)18-8-5-15(3)6-9-18/h5-12,14H,13H2,1-4H3,(H,24,25). The molecule has 2 aromatic heterocycles. The van der Waals surface area contributed by atoms with Crippen LogP contribution in [0, 0.1) is 19.8 Å². The van der Waals surface area contributed by atoms with Crippen molar-refractivity contribution < 1.29 is 8.42 Å². The first kappa shape index (κ1) is 19.4. The predicted octanol–water partition coefficient (Wildman–Crippen LogP) is 4.66. The number of anilines is 1. The van der Waals surface area contributed by atoms with Crippen molar-refractivity contribution in [2.75, 3.05) is 4.72 Å². The van der Waals surface area contributed by atoms with Gasteiger partial charge in [0.15, 0.2) is 11.5 Å².